The van der Waals surface area contributed by atoms with Gasteiger partial charge in [-0.2, -0.15) is 0 Å². The lowest BCUT2D eigenvalue weighted by Gasteiger charge is -2.05. The van der Waals surface area contributed by atoms with Crippen LogP contribution >= 0.6 is 15.9 Å². The topological polar surface area (TPSA) is 43.8 Å². The molecular formula is C13H14BrN3. The van der Waals surface area contributed by atoms with E-state index in [9.17, 15) is 0 Å². The third-order valence-corrected chi connectivity index (χ3v) is 4.07. The maximum absolute atomic E-state index is 6.15. The Kier molecular flexibility index (Phi) is 2.47. The number of hydrogen-bond acceptors (Lipinski definition) is 2. The fraction of sp³-hybridized carbons (Fsp3) is 0.308. The summed E-state index contributed by atoms with van der Waals surface area (Å²) in [7, 11) is 0. The molecule has 4 heteroatoms. The number of rotatable bonds is 2. The van der Waals surface area contributed by atoms with Crippen molar-refractivity contribution in [3.8, 4) is 11.3 Å². The summed E-state index contributed by atoms with van der Waals surface area (Å²) >= 11 is 3.54. The van der Waals surface area contributed by atoms with Crippen LogP contribution in [0.1, 0.15) is 24.4 Å². The van der Waals surface area contributed by atoms with Crippen LogP contribution in [0.25, 0.3) is 11.3 Å². The van der Waals surface area contributed by atoms with Gasteiger partial charge in [0, 0.05) is 16.1 Å². The Balaban J connectivity index is 2.05. The highest BCUT2D eigenvalue weighted by atomic mass is 79.9. The number of hydrogen-bond donors (Lipinski definition) is 1. The van der Waals surface area contributed by atoms with Crippen molar-refractivity contribution < 1.29 is 0 Å². The monoisotopic (exact) mass is 291 g/mol. The summed E-state index contributed by atoms with van der Waals surface area (Å²) in [6.45, 7) is 2.07. The second kappa shape index (κ2) is 3.88. The molecule has 0 radical (unpaired) electrons. The van der Waals surface area contributed by atoms with Crippen molar-refractivity contribution in [3.05, 3.63) is 34.6 Å². The predicted molar refractivity (Wildman–Crippen MR) is 72.8 cm³/mol. The van der Waals surface area contributed by atoms with E-state index in [1.54, 1.807) is 0 Å². The summed E-state index contributed by atoms with van der Waals surface area (Å²) in [6, 6.07) is 6.79. The number of nitrogen functional groups attached to an aromatic ring is 1. The fourth-order valence-corrected chi connectivity index (χ4v) is 2.36. The zero-order valence-electron chi connectivity index (χ0n) is 9.65. The van der Waals surface area contributed by atoms with Gasteiger partial charge in [0.2, 0.25) is 0 Å². The van der Waals surface area contributed by atoms with Crippen molar-refractivity contribution in [3.63, 3.8) is 0 Å². The van der Waals surface area contributed by atoms with Crippen LogP contribution in [0.5, 0.6) is 0 Å². The minimum Gasteiger partial charge on any atom is -0.383 e. The van der Waals surface area contributed by atoms with Gasteiger partial charge in [-0.25, -0.2) is 4.98 Å². The summed E-state index contributed by atoms with van der Waals surface area (Å²) in [5.74, 6) is 0.781. The van der Waals surface area contributed by atoms with E-state index in [-0.39, 0.29) is 0 Å². The van der Waals surface area contributed by atoms with Crippen LogP contribution in [-0.4, -0.2) is 9.55 Å². The molecule has 0 amide bonds. The van der Waals surface area contributed by atoms with Gasteiger partial charge in [-0.05, 0) is 31.4 Å². The molecule has 0 bridgehead atoms. The van der Waals surface area contributed by atoms with E-state index < -0.39 is 0 Å². The average molecular weight is 292 g/mol. The van der Waals surface area contributed by atoms with Gasteiger partial charge >= 0.3 is 0 Å². The second-order valence-corrected chi connectivity index (χ2v) is 5.44. The Bertz CT molecular complexity index is 570. The highest BCUT2D eigenvalue weighted by Crippen LogP contribution is 2.39. The lowest BCUT2D eigenvalue weighted by atomic mass is 10.1. The lowest BCUT2D eigenvalue weighted by Crippen LogP contribution is -1.99. The number of benzene rings is 1. The smallest absolute Gasteiger partial charge is 0.131 e. The minimum absolute atomic E-state index is 0.574. The molecule has 2 N–H and O–H groups in total. The first-order chi connectivity index (χ1) is 8.16. The largest absolute Gasteiger partial charge is 0.383 e. The number of aromatic nitrogens is 2. The Labute approximate surface area is 109 Å². The summed E-state index contributed by atoms with van der Waals surface area (Å²) in [5.41, 5.74) is 9.32. The predicted octanol–water partition coefficient (Wildman–Crippen LogP) is 3.54. The van der Waals surface area contributed by atoms with Gasteiger partial charge in [0.15, 0.2) is 0 Å². The Morgan fingerprint density at radius 1 is 1.41 bits per heavy atom. The van der Waals surface area contributed by atoms with Gasteiger partial charge in [0.25, 0.3) is 0 Å². The zero-order valence-corrected chi connectivity index (χ0v) is 11.2. The summed E-state index contributed by atoms with van der Waals surface area (Å²) in [5, 5.41) is 0. The van der Waals surface area contributed by atoms with Crippen molar-refractivity contribution >= 4 is 21.7 Å². The van der Waals surface area contributed by atoms with Crippen molar-refractivity contribution in [1.29, 1.82) is 0 Å². The van der Waals surface area contributed by atoms with Crippen LogP contribution in [0.15, 0.2) is 29.0 Å². The van der Waals surface area contributed by atoms with Crippen LogP contribution in [0.2, 0.25) is 0 Å². The molecule has 1 aliphatic carbocycles. The molecule has 1 aromatic carbocycles. The second-order valence-electron chi connectivity index (χ2n) is 4.58. The minimum atomic E-state index is 0.574. The molecule has 2 aromatic rings. The lowest BCUT2D eigenvalue weighted by molar-refractivity contribution is 0.751. The molecule has 0 unspecified atom stereocenters. The van der Waals surface area contributed by atoms with Crippen LogP contribution in [-0.2, 0) is 0 Å². The third kappa shape index (κ3) is 1.86. The number of imidazole rings is 1. The van der Waals surface area contributed by atoms with Gasteiger partial charge in [-0.15, -0.1) is 0 Å². The number of anilines is 1. The molecule has 3 nitrogen and oxygen atoms in total. The first-order valence-electron chi connectivity index (χ1n) is 5.75. The van der Waals surface area contributed by atoms with Gasteiger partial charge in [0.1, 0.15) is 11.5 Å². The number of aryl methyl sites for hydroxylation is 1. The maximum atomic E-state index is 6.15. The third-order valence-electron chi connectivity index (χ3n) is 3.22. The van der Waals surface area contributed by atoms with Crippen LogP contribution < -0.4 is 5.73 Å². The molecule has 3 rings (SSSR count). The van der Waals surface area contributed by atoms with Gasteiger partial charge in [-0.1, -0.05) is 28.1 Å². The van der Waals surface area contributed by atoms with E-state index in [4.69, 9.17) is 5.73 Å². The van der Waals surface area contributed by atoms with Crippen LogP contribution in [0, 0.1) is 6.92 Å². The molecule has 1 fully saturated rings. The highest BCUT2D eigenvalue weighted by Gasteiger charge is 2.26. The molecule has 1 aromatic heterocycles. The van der Waals surface area contributed by atoms with Crippen LogP contribution in [0.3, 0.4) is 0 Å². The first kappa shape index (κ1) is 10.8. The molecule has 1 saturated carbocycles. The van der Waals surface area contributed by atoms with E-state index in [0.29, 0.717) is 6.04 Å². The van der Waals surface area contributed by atoms with Crippen molar-refractivity contribution in [1.82, 2.24) is 9.55 Å². The quantitative estimate of drug-likeness (QED) is 0.920. The van der Waals surface area contributed by atoms with E-state index in [1.807, 2.05) is 6.33 Å². The van der Waals surface area contributed by atoms with E-state index >= 15 is 0 Å². The van der Waals surface area contributed by atoms with Crippen molar-refractivity contribution in [2.45, 2.75) is 25.8 Å². The molecule has 0 spiro atoms. The summed E-state index contributed by atoms with van der Waals surface area (Å²) in [4.78, 5) is 4.44. The Hall–Kier alpha value is -1.29. The average Bonchev–Trinajstić information content (AvgIpc) is 3.07. The number of halogens is 1. The molecule has 17 heavy (non-hydrogen) atoms. The maximum Gasteiger partial charge on any atom is 0.131 e. The van der Waals surface area contributed by atoms with Crippen molar-refractivity contribution in [2.75, 3.05) is 5.73 Å². The standard InChI is InChI=1S/C13H14BrN3/c1-8-2-3-9(6-11(8)14)12-13(15)17(7-16-12)10-4-5-10/h2-3,6-7,10H,4-5,15H2,1H3. The summed E-state index contributed by atoms with van der Waals surface area (Å²) < 4.78 is 3.18. The molecule has 0 aliphatic heterocycles. The van der Waals surface area contributed by atoms with Gasteiger partial charge < -0.3 is 10.3 Å². The molecule has 1 heterocycles. The van der Waals surface area contributed by atoms with Crippen LogP contribution in [0.4, 0.5) is 5.82 Å². The highest BCUT2D eigenvalue weighted by molar-refractivity contribution is 9.10. The normalized spacial score (nSPS) is 15.2. The molecule has 0 atom stereocenters. The van der Waals surface area contributed by atoms with E-state index in [1.165, 1.54) is 18.4 Å². The van der Waals surface area contributed by atoms with E-state index in [0.717, 1.165) is 21.5 Å². The molecule has 88 valence electrons. The number of nitrogens with two attached hydrogens (primary N) is 1. The first-order valence-corrected chi connectivity index (χ1v) is 6.55. The fourth-order valence-electron chi connectivity index (χ4n) is 1.98. The number of nitrogens with zero attached hydrogens (tertiary/aromatic N) is 2. The molecule has 0 saturated heterocycles. The van der Waals surface area contributed by atoms with Gasteiger partial charge in [0.05, 0.1) is 6.33 Å². The molecular weight excluding hydrogens is 278 g/mol. The van der Waals surface area contributed by atoms with Gasteiger partial charge in [-0.3, -0.25) is 0 Å². The van der Waals surface area contributed by atoms with E-state index in [2.05, 4.69) is 50.6 Å². The summed E-state index contributed by atoms with van der Waals surface area (Å²) in [6.07, 6.45) is 4.30. The van der Waals surface area contributed by atoms with Crippen molar-refractivity contribution in [2.24, 2.45) is 0 Å². The molecule has 1 aliphatic rings. The Morgan fingerprint density at radius 3 is 2.82 bits per heavy atom. The SMILES string of the molecule is Cc1ccc(-c2ncn(C3CC3)c2N)cc1Br. The Morgan fingerprint density at radius 2 is 2.18 bits per heavy atom. The zero-order chi connectivity index (χ0) is 12.0.